The van der Waals surface area contributed by atoms with E-state index in [1.165, 1.54) is 21.4 Å². The lowest BCUT2D eigenvalue weighted by molar-refractivity contribution is -0.135. The summed E-state index contributed by atoms with van der Waals surface area (Å²) in [6, 6.07) is 2.44. The molecule has 1 saturated heterocycles. The fraction of sp³-hybridized carbons (Fsp3) is 0.353. The van der Waals surface area contributed by atoms with Gasteiger partial charge in [0.05, 0.1) is 5.52 Å². The first-order valence-electron chi connectivity index (χ1n) is 8.68. The maximum absolute atomic E-state index is 13.0. The predicted octanol–water partition coefficient (Wildman–Crippen LogP) is 0.973. The topological polar surface area (TPSA) is 60.1 Å². The van der Waals surface area contributed by atoms with Crippen molar-refractivity contribution in [3.05, 3.63) is 33.7 Å². The first-order chi connectivity index (χ1) is 13.2. The van der Waals surface area contributed by atoms with E-state index in [1.807, 2.05) is 0 Å². The molecular formula is C17H16BF3N4O2S. The molecule has 0 unspecified atom stereocenters. The summed E-state index contributed by atoms with van der Waals surface area (Å²) in [4.78, 5) is 30.7. The zero-order chi connectivity index (χ0) is 20.2. The highest BCUT2D eigenvalue weighted by molar-refractivity contribution is 7.15. The molecule has 28 heavy (non-hydrogen) atoms. The number of amides is 1. The van der Waals surface area contributed by atoms with Crippen LogP contribution in [0.1, 0.15) is 11.3 Å². The average Bonchev–Trinajstić information content (AvgIpc) is 3.14. The van der Waals surface area contributed by atoms with E-state index in [2.05, 4.69) is 4.98 Å². The number of pyridine rings is 1. The van der Waals surface area contributed by atoms with Crippen molar-refractivity contribution in [2.24, 2.45) is 7.05 Å². The van der Waals surface area contributed by atoms with E-state index in [0.717, 1.165) is 12.5 Å². The molecule has 1 aliphatic heterocycles. The van der Waals surface area contributed by atoms with Crippen LogP contribution in [-0.4, -0.2) is 45.9 Å². The number of thiophene rings is 1. The van der Waals surface area contributed by atoms with Gasteiger partial charge in [0.15, 0.2) is 5.65 Å². The first-order valence-corrected chi connectivity index (χ1v) is 9.50. The van der Waals surface area contributed by atoms with E-state index >= 15 is 0 Å². The lowest BCUT2D eigenvalue weighted by atomic mass is 9.90. The van der Waals surface area contributed by atoms with Gasteiger partial charge in [-0.15, -0.1) is 11.3 Å². The van der Waals surface area contributed by atoms with E-state index < -0.39 is 11.1 Å². The van der Waals surface area contributed by atoms with Crippen molar-refractivity contribution in [2.45, 2.75) is 19.1 Å². The number of carbonyl (C=O) groups excluding carboxylic acids is 1. The van der Waals surface area contributed by atoms with Gasteiger partial charge in [0, 0.05) is 36.8 Å². The number of rotatable bonds is 3. The molecule has 1 aliphatic rings. The minimum absolute atomic E-state index is 0.111. The van der Waals surface area contributed by atoms with Gasteiger partial charge in [-0.3, -0.25) is 13.9 Å². The third-order valence-corrected chi connectivity index (χ3v) is 6.21. The van der Waals surface area contributed by atoms with Gasteiger partial charge in [-0.05, 0) is 18.6 Å². The Morgan fingerprint density at radius 2 is 2.04 bits per heavy atom. The lowest BCUT2D eigenvalue weighted by Crippen LogP contribution is -2.45. The van der Waals surface area contributed by atoms with Gasteiger partial charge < -0.3 is 4.90 Å². The van der Waals surface area contributed by atoms with Crippen LogP contribution in [0.15, 0.2) is 23.1 Å². The Kier molecular flexibility index (Phi) is 4.37. The van der Waals surface area contributed by atoms with Gasteiger partial charge in [-0.2, -0.15) is 13.2 Å². The molecule has 146 valence electrons. The van der Waals surface area contributed by atoms with E-state index in [1.54, 1.807) is 19.8 Å². The van der Waals surface area contributed by atoms with Gasteiger partial charge in [0.25, 0.3) is 0 Å². The maximum atomic E-state index is 13.0. The van der Waals surface area contributed by atoms with Gasteiger partial charge in [0.2, 0.25) is 5.91 Å². The van der Waals surface area contributed by atoms with Crippen LogP contribution < -0.4 is 11.2 Å². The number of fused-ring (bicyclic) bond motifs is 1. The van der Waals surface area contributed by atoms with Gasteiger partial charge in [-0.1, -0.05) is 5.46 Å². The summed E-state index contributed by atoms with van der Waals surface area (Å²) in [6.45, 7) is 1.24. The SMILES string of the molecule is Bc1c(-c2ccc(C(F)(F)F)s2)cnc2c1n(CC(=O)N1CCC1)c(=O)n2C. The van der Waals surface area contributed by atoms with E-state index in [-0.39, 0.29) is 18.1 Å². The molecule has 4 rings (SSSR count). The number of hydrogen-bond acceptors (Lipinski definition) is 4. The molecule has 0 aromatic carbocycles. The van der Waals surface area contributed by atoms with Crippen molar-refractivity contribution in [3.8, 4) is 10.4 Å². The third-order valence-electron chi connectivity index (χ3n) is 5.05. The highest BCUT2D eigenvalue weighted by Crippen LogP contribution is 2.38. The highest BCUT2D eigenvalue weighted by Gasteiger charge is 2.33. The number of alkyl halides is 3. The summed E-state index contributed by atoms with van der Waals surface area (Å²) in [7, 11) is 3.30. The molecule has 4 heterocycles. The van der Waals surface area contributed by atoms with Crippen molar-refractivity contribution >= 4 is 41.7 Å². The second kappa shape index (κ2) is 6.51. The van der Waals surface area contributed by atoms with Crippen LogP contribution in [0.2, 0.25) is 0 Å². The summed E-state index contributed by atoms with van der Waals surface area (Å²) in [5.41, 5.74) is 1.63. The number of nitrogens with zero attached hydrogens (tertiary/aromatic N) is 4. The molecule has 1 amide bonds. The van der Waals surface area contributed by atoms with Crippen molar-refractivity contribution in [1.82, 2.24) is 19.0 Å². The lowest BCUT2D eigenvalue weighted by Gasteiger charge is -2.30. The minimum atomic E-state index is -4.41. The number of halogens is 3. The Hall–Kier alpha value is -2.56. The molecule has 0 spiro atoms. The monoisotopic (exact) mass is 408 g/mol. The fourth-order valence-electron chi connectivity index (χ4n) is 3.35. The van der Waals surface area contributed by atoms with Crippen LogP contribution in [0.5, 0.6) is 0 Å². The third kappa shape index (κ3) is 2.93. The van der Waals surface area contributed by atoms with Crippen LogP contribution >= 0.6 is 11.3 Å². The van der Waals surface area contributed by atoms with Crippen molar-refractivity contribution in [2.75, 3.05) is 13.1 Å². The number of aromatic nitrogens is 3. The molecule has 6 nitrogen and oxygen atoms in total. The molecule has 3 aromatic heterocycles. The van der Waals surface area contributed by atoms with Crippen molar-refractivity contribution in [1.29, 1.82) is 0 Å². The van der Waals surface area contributed by atoms with E-state index in [4.69, 9.17) is 0 Å². The summed E-state index contributed by atoms with van der Waals surface area (Å²) in [5, 5.41) is 0. The second-order valence-electron chi connectivity index (χ2n) is 6.79. The summed E-state index contributed by atoms with van der Waals surface area (Å²) < 4.78 is 41.6. The Labute approximate surface area is 162 Å². The average molecular weight is 408 g/mol. The molecule has 0 atom stereocenters. The molecule has 1 fully saturated rings. The molecule has 3 aromatic rings. The molecular weight excluding hydrogens is 392 g/mol. The predicted molar refractivity (Wildman–Crippen MR) is 103 cm³/mol. The van der Waals surface area contributed by atoms with Gasteiger partial charge in [0.1, 0.15) is 19.3 Å². The molecule has 0 saturated carbocycles. The Morgan fingerprint density at radius 3 is 2.61 bits per heavy atom. The van der Waals surface area contributed by atoms with Crippen LogP contribution in [0, 0.1) is 0 Å². The highest BCUT2D eigenvalue weighted by atomic mass is 32.1. The van der Waals surface area contributed by atoms with Crippen LogP contribution in [0.4, 0.5) is 13.2 Å². The molecule has 0 N–H and O–H groups in total. The Bertz CT molecular complexity index is 1140. The minimum Gasteiger partial charge on any atom is -0.341 e. The van der Waals surface area contributed by atoms with Crippen molar-refractivity contribution in [3.63, 3.8) is 0 Å². The molecule has 0 radical (unpaired) electrons. The zero-order valence-corrected chi connectivity index (χ0v) is 16.0. The molecule has 0 aliphatic carbocycles. The van der Waals surface area contributed by atoms with Crippen LogP contribution in [0.25, 0.3) is 21.6 Å². The smallest absolute Gasteiger partial charge is 0.341 e. The molecule has 0 bridgehead atoms. The molecule has 11 heteroatoms. The quantitative estimate of drug-likeness (QED) is 0.607. The standard InChI is InChI=1S/C17H16BF3N4O2S/c1-23-15-14(25(16(23)27)8-12(26)24-5-2-6-24)13(18)9(7-22-15)10-3-4-11(28-10)17(19,20)21/h3-4,7H,2,5-6,8,18H2,1H3. The number of imidazole rings is 1. The number of carbonyl (C=O) groups is 1. The largest absolute Gasteiger partial charge is 0.425 e. The number of hydrogen-bond donors (Lipinski definition) is 0. The Morgan fingerprint density at radius 1 is 1.32 bits per heavy atom. The van der Waals surface area contributed by atoms with Crippen LogP contribution in [-0.2, 0) is 24.6 Å². The normalized spacial score (nSPS) is 14.5. The maximum Gasteiger partial charge on any atom is 0.425 e. The van der Waals surface area contributed by atoms with Crippen LogP contribution in [0.3, 0.4) is 0 Å². The summed E-state index contributed by atoms with van der Waals surface area (Å²) >= 11 is 0.630. The van der Waals surface area contributed by atoms with Gasteiger partial charge in [-0.25, -0.2) is 9.78 Å². The second-order valence-corrected chi connectivity index (χ2v) is 7.88. The first kappa shape index (κ1) is 18.8. The number of aryl methyl sites for hydroxylation is 1. The Balaban J connectivity index is 1.83. The van der Waals surface area contributed by atoms with Crippen molar-refractivity contribution < 1.29 is 18.0 Å². The summed E-state index contributed by atoms with van der Waals surface area (Å²) in [6.07, 6.45) is -1.99. The zero-order valence-electron chi connectivity index (χ0n) is 15.2. The van der Waals surface area contributed by atoms with Gasteiger partial charge >= 0.3 is 11.9 Å². The number of likely N-dealkylation sites (tertiary alicyclic amines) is 1. The van der Waals surface area contributed by atoms with E-state index in [0.29, 0.717) is 51.5 Å². The fourth-order valence-corrected chi connectivity index (χ4v) is 4.29. The summed E-state index contributed by atoms with van der Waals surface area (Å²) in [5.74, 6) is -0.152. The van der Waals surface area contributed by atoms with E-state index in [9.17, 15) is 22.8 Å².